The van der Waals surface area contributed by atoms with E-state index in [-0.39, 0.29) is 11.3 Å². The molecule has 0 bridgehead atoms. The molecule has 23 heavy (non-hydrogen) atoms. The molecule has 0 unspecified atom stereocenters. The molecule has 0 saturated heterocycles. The summed E-state index contributed by atoms with van der Waals surface area (Å²) in [4.78, 5) is 14.0. The van der Waals surface area contributed by atoms with Gasteiger partial charge in [-0.05, 0) is 11.1 Å². The predicted molar refractivity (Wildman–Crippen MR) is 86.2 cm³/mol. The fraction of sp³-hybridized carbons (Fsp3) is 0.158. The van der Waals surface area contributed by atoms with E-state index in [1.54, 1.807) is 4.90 Å². The van der Waals surface area contributed by atoms with Crippen LogP contribution in [0.1, 0.15) is 11.1 Å². The Labute approximate surface area is 134 Å². The lowest BCUT2D eigenvalue weighted by atomic mass is 10.0. The summed E-state index contributed by atoms with van der Waals surface area (Å²) in [5.74, 6) is -0.535. The van der Waals surface area contributed by atoms with Gasteiger partial charge < -0.3 is 10.0 Å². The zero-order chi connectivity index (χ0) is 16.2. The first kappa shape index (κ1) is 14.9. The van der Waals surface area contributed by atoms with E-state index in [2.05, 4.69) is 0 Å². The third kappa shape index (κ3) is 2.95. The monoisotopic (exact) mass is 304 g/mol. The molecule has 1 aliphatic heterocycles. The summed E-state index contributed by atoms with van der Waals surface area (Å²) >= 11 is 0. The van der Waals surface area contributed by atoms with Gasteiger partial charge in [0.25, 0.3) is 5.91 Å². The topological polar surface area (TPSA) is 64.3 Å². The van der Waals surface area contributed by atoms with Gasteiger partial charge in [0.2, 0.25) is 0 Å². The zero-order valence-corrected chi connectivity index (χ0v) is 12.5. The fourth-order valence-corrected chi connectivity index (χ4v) is 2.82. The molecule has 2 aromatic rings. The van der Waals surface area contributed by atoms with Crippen LogP contribution in [0.4, 0.5) is 0 Å². The summed E-state index contributed by atoms with van der Waals surface area (Å²) in [5.41, 5.74) is 1.82. The fourth-order valence-electron chi connectivity index (χ4n) is 2.82. The van der Waals surface area contributed by atoms with Crippen molar-refractivity contribution in [3.8, 4) is 6.07 Å². The van der Waals surface area contributed by atoms with Crippen molar-refractivity contribution < 1.29 is 9.90 Å². The zero-order valence-electron chi connectivity index (χ0n) is 12.5. The van der Waals surface area contributed by atoms with Crippen LogP contribution in [0.3, 0.4) is 0 Å². The number of aliphatic hydroxyl groups excluding tert-OH is 1. The molecule has 1 amide bonds. The van der Waals surface area contributed by atoms with Gasteiger partial charge in [0.15, 0.2) is 5.57 Å². The lowest BCUT2D eigenvalue weighted by Gasteiger charge is -2.25. The molecule has 0 spiro atoms. The van der Waals surface area contributed by atoms with Gasteiger partial charge in [-0.2, -0.15) is 5.26 Å². The number of amides is 1. The average molecular weight is 304 g/mol. The van der Waals surface area contributed by atoms with E-state index in [0.29, 0.717) is 13.0 Å². The van der Waals surface area contributed by atoms with Crippen LogP contribution in [0.2, 0.25) is 0 Å². The maximum atomic E-state index is 12.4. The first-order valence-corrected chi connectivity index (χ1v) is 7.42. The molecular formula is C19H16N2O2. The van der Waals surface area contributed by atoms with Crippen LogP contribution >= 0.6 is 0 Å². The van der Waals surface area contributed by atoms with Crippen molar-refractivity contribution in [3.05, 3.63) is 83.1 Å². The van der Waals surface area contributed by atoms with E-state index in [1.807, 2.05) is 66.7 Å². The Morgan fingerprint density at radius 2 is 1.57 bits per heavy atom. The van der Waals surface area contributed by atoms with Gasteiger partial charge in [0, 0.05) is 13.0 Å². The minimum atomic E-state index is -0.500. The first-order chi connectivity index (χ1) is 11.2. The normalized spacial score (nSPS) is 17.4. The Balaban J connectivity index is 1.90. The largest absolute Gasteiger partial charge is 0.508 e. The number of aliphatic hydroxyl groups is 1. The van der Waals surface area contributed by atoms with Crippen molar-refractivity contribution in [2.24, 2.45) is 0 Å². The Kier molecular flexibility index (Phi) is 4.11. The van der Waals surface area contributed by atoms with E-state index < -0.39 is 11.9 Å². The Hall–Kier alpha value is -3.06. The molecule has 1 heterocycles. The highest BCUT2D eigenvalue weighted by atomic mass is 16.3. The molecule has 0 aliphatic carbocycles. The summed E-state index contributed by atoms with van der Waals surface area (Å²) in [6.07, 6.45) is 0.483. The molecule has 1 N–H and O–H groups in total. The van der Waals surface area contributed by atoms with Crippen molar-refractivity contribution >= 4 is 5.91 Å². The average Bonchev–Trinajstić information content (AvgIpc) is 2.80. The number of benzene rings is 2. The van der Waals surface area contributed by atoms with Crippen LogP contribution < -0.4 is 0 Å². The second-order valence-electron chi connectivity index (χ2n) is 5.50. The Bertz CT molecular complexity index is 776. The van der Waals surface area contributed by atoms with E-state index in [0.717, 1.165) is 11.1 Å². The van der Waals surface area contributed by atoms with Gasteiger partial charge in [-0.3, -0.25) is 4.79 Å². The molecule has 1 aliphatic rings. The SMILES string of the molecule is N#CC1=C(O)[C@@H](Cc2ccccc2)N(Cc2ccccc2)C1=O. The number of nitrogens with zero attached hydrogens (tertiary/aromatic N) is 2. The summed E-state index contributed by atoms with van der Waals surface area (Å²) < 4.78 is 0. The number of rotatable bonds is 4. The summed E-state index contributed by atoms with van der Waals surface area (Å²) in [7, 11) is 0. The van der Waals surface area contributed by atoms with Crippen LogP contribution in [0.15, 0.2) is 72.0 Å². The summed E-state index contributed by atoms with van der Waals surface area (Å²) in [6.45, 7) is 0.367. The molecule has 4 heteroatoms. The number of carbonyl (C=O) groups is 1. The van der Waals surface area contributed by atoms with E-state index in [1.165, 1.54) is 0 Å². The maximum absolute atomic E-state index is 12.4. The maximum Gasteiger partial charge on any atom is 0.268 e. The van der Waals surface area contributed by atoms with Crippen LogP contribution in [0.5, 0.6) is 0 Å². The quantitative estimate of drug-likeness (QED) is 0.944. The van der Waals surface area contributed by atoms with Gasteiger partial charge in [0.05, 0.1) is 6.04 Å². The molecule has 3 rings (SSSR count). The molecule has 0 fully saturated rings. The third-order valence-electron chi connectivity index (χ3n) is 4.00. The highest BCUT2D eigenvalue weighted by Gasteiger charge is 2.39. The highest BCUT2D eigenvalue weighted by molar-refractivity contribution is 6.00. The standard InChI is InChI=1S/C19H16N2O2/c20-12-16-18(22)17(11-14-7-3-1-4-8-14)21(19(16)23)13-15-9-5-2-6-10-15/h1-10,17,22H,11,13H2/t17-/m1/s1. The van der Waals surface area contributed by atoms with E-state index in [9.17, 15) is 9.90 Å². The predicted octanol–water partition coefficient (Wildman–Crippen LogP) is 2.98. The van der Waals surface area contributed by atoms with Crippen molar-refractivity contribution in [3.63, 3.8) is 0 Å². The van der Waals surface area contributed by atoms with Crippen molar-refractivity contribution in [2.45, 2.75) is 19.0 Å². The lowest BCUT2D eigenvalue weighted by Crippen LogP contribution is -2.36. The second-order valence-corrected chi connectivity index (χ2v) is 5.50. The van der Waals surface area contributed by atoms with Gasteiger partial charge in [-0.1, -0.05) is 60.7 Å². The number of hydrogen-bond acceptors (Lipinski definition) is 3. The van der Waals surface area contributed by atoms with Crippen LogP contribution in [0.25, 0.3) is 0 Å². The van der Waals surface area contributed by atoms with Crippen LogP contribution in [0, 0.1) is 11.3 Å². The molecular weight excluding hydrogens is 288 g/mol. The number of carbonyl (C=O) groups excluding carboxylic acids is 1. The minimum absolute atomic E-state index is 0.128. The smallest absolute Gasteiger partial charge is 0.268 e. The van der Waals surface area contributed by atoms with Crippen molar-refractivity contribution in [1.29, 1.82) is 5.26 Å². The molecule has 0 aromatic heterocycles. The molecule has 0 radical (unpaired) electrons. The van der Waals surface area contributed by atoms with Crippen molar-refractivity contribution in [1.82, 2.24) is 4.90 Å². The van der Waals surface area contributed by atoms with Crippen LogP contribution in [-0.4, -0.2) is 22.0 Å². The lowest BCUT2D eigenvalue weighted by molar-refractivity contribution is -0.127. The Morgan fingerprint density at radius 1 is 1.00 bits per heavy atom. The van der Waals surface area contributed by atoms with E-state index in [4.69, 9.17) is 5.26 Å². The summed E-state index contributed by atoms with van der Waals surface area (Å²) in [6, 6.07) is 20.5. The molecule has 4 nitrogen and oxygen atoms in total. The van der Waals surface area contributed by atoms with Gasteiger partial charge in [0.1, 0.15) is 11.8 Å². The number of nitriles is 1. The van der Waals surface area contributed by atoms with Gasteiger partial charge in [-0.25, -0.2) is 0 Å². The van der Waals surface area contributed by atoms with Crippen molar-refractivity contribution in [2.75, 3.05) is 0 Å². The number of hydrogen-bond donors (Lipinski definition) is 1. The van der Waals surface area contributed by atoms with Gasteiger partial charge >= 0.3 is 0 Å². The van der Waals surface area contributed by atoms with Crippen LogP contribution in [-0.2, 0) is 17.8 Å². The Morgan fingerprint density at radius 3 is 2.13 bits per heavy atom. The summed E-state index contributed by atoms with van der Waals surface area (Å²) in [5, 5.41) is 19.5. The molecule has 2 aromatic carbocycles. The second kappa shape index (κ2) is 6.37. The third-order valence-corrected chi connectivity index (χ3v) is 4.00. The molecule has 1 atom stereocenters. The molecule has 114 valence electrons. The molecule has 0 saturated carbocycles. The van der Waals surface area contributed by atoms with Gasteiger partial charge in [-0.15, -0.1) is 0 Å². The first-order valence-electron chi connectivity index (χ1n) is 7.42. The van der Waals surface area contributed by atoms with E-state index >= 15 is 0 Å². The minimum Gasteiger partial charge on any atom is -0.508 e. The highest BCUT2D eigenvalue weighted by Crippen LogP contribution is 2.28.